The summed E-state index contributed by atoms with van der Waals surface area (Å²) in [6.07, 6.45) is 15.6. The van der Waals surface area contributed by atoms with Gasteiger partial charge in [0.1, 0.15) is 0 Å². The summed E-state index contributed by atoms with van der Waals surface area (Å²) < 4.78 is 13.0. The van der Waals surface area contributed by atoms with Crippen molar-refractivity contribution in [2.45, 2.75) is 130 Å². The highest BCUT2D eigenvalue weighted by Crippen LogP contribution is 2.70. The smallest absolute Gasteiger partial charge is 0.0946 e. The summed E-state index contributed by atoms with van der Waals surface area (Å²) in [5.74, 6) is 6.36. The van der Waals surface area contributed by atoms with Gasteiger partial charge in [-0.3, -0.25) is 0 Å². The summed E-state index contributed by atoms with van der Waals surface area (Å²) in [6.45, 7) is 19.1. The van der Waals surface area contributed by atoms with Crippen LogP contribution in [0.25, 0.3) is 0 Å². The van der Waals surface area contributed by atoms with Crippen molar-refractivity contribution in [2.75, 3.05) is 13.2 Å². The Morgan fingerprint density at radius 3 is 2.18 bits per heavy atom. The van der Waals surface area contributed by atoms with Gasteiger partial charge in [0, 0.05) is 0 Å². The highest BCUT2D eigenvalue weighted by atomic mass is 16.6. The van der Waals surface area contributed by atoms with Crippen LogP contribution in [-0.4, -0.2) is 24.4 Å². The SMILES string of the molecule is CC(C)CCC[C@@H](C)[C@H]1CC[C@H]2[C@@H]3CC[C@H]4C[C@@]5(C)OCCO[C@]5(C)C[C@]4(C)[C@H]3CC[C@]12C. The normalized spacial score (nSPS) is 52.5. The van der Waals surface area contributed by atoms with Crippen molar-refractivity contribution in [3.8, 4) is 0 Å². The second-order valence-electron chi connectivity index (χ2n) is 14.7. The molecule has 4 aliphatic carbocycles. The van der Waals surface area contributed by atoms with Crippen LogP contribution in [0.15, 0.2) is 0 Å². The van der Waals surface area contributed by atoms with Gasteiger partial charge >= 0.3 is 0 Å². The maximum absolute atomic E-state index is 6.55. The molecule has 0 aromatic rings. The Hall–Kier alpha value is -0.0800. The van der Waals surface area contributed by atoms with Crippen molar-refractivity contribution in [2.24, 2.45) is 52.3 Å². The van der Waals surface area contributed by atoms with E-state index in [0.717, 1.165) is 54.6 Å². The average Bonchev–Trinajstić information content (AvgIpc) is 3.09. The van der Waals surface area contributed by atoms with Gasteiger partial charge in [0.25, 0.3) is 0 Å². The van der Waals surface area contributed by atoms with Gasteiger partial charge in [-0.25, -0.2) is 0 Å². The lowest BCUT2D eigenvalue weighted by Gasteiger charge is -2.66. The van der Waals surface area contributed by atoms with Crippen LogP contribution in [0.2, 0.25) is 0 Å². The zero-order valence-corrected chi connectivity index (χ0v) is 23.1. The Balaban J connectivity index is 1.33. The van der Waals surface area contributed by atoms with Crippen molar-refractivity contribution in [1.82, 2.24) is 0 Å². The van der Waals surface area contributed by atoms with Gasteiger partial charge in [-0.15, -0.1) is 0 Å². The molecule has 0 spiro atoms. The second-order valence-corrected chi connectivity index (χ2v) is 14.7. The maximum Gasteiger partial charge on any atom is 0.0946 e. The maximum atomic E-state index is 6.55. The van der Waals surface area contributed by atoms with E-state index in [9.17, 15) is 0 Å². The topological polar surface area (TPSA) is 18.5 Å². The Morgan fingerprint density at radius 1 is 0.758 bits per heavy atom. The lowest BCUT2D eigenvalue weighted by atomic mass is 9.42. The average molecular weight is 459 g/mol. The van der Waals surface area contributed by atoms with E-state index in [1.54, 1.807) is 0 Å². The summed E-state index contributed by atoms with van der Waals surface area (Å²) in [7, 11) is 0. The highest BCUT2D eigenvalue weighted by molar-refractivity contribution is 5.16. The molecule has 5 fully saturated rings. The first-order chi connectivity index (χ1) is 15.5. The Kier molecular flexibility index (Phi) is 6.34. The molecule has 10 atom stereocenters. The second kappa shape index (κ2) is 8.50. The Labute approximate surface area is 205 Å². The lowest BCUT2D eigenvalue weighted by Crippen LogP contribution is -2.67. The quantitative estimate of drug-likeness (QED) is 0.412. The minimum Gasteiger partial charge on any atom is -0.370 e. The fraction of sp³-hybridized carbons (Fsp3) is 1.00. The molecule has 190 valence electrons. The van der Waals surface area contributed by atoms with Crippen LogP contribution >= 0.6 is 0 Å². The summed E-state index contributed by atoms with van der Waals surface area (Å²) in [6, 6.07) is 0. The number of hydrogen-bond acceptors (Lipinski definition) is 2. The van der Waals surface area contributed by atoms with Crippen molar-refractivity contribution >= 4 is 0 Å². The molecule has 4 saturated carbocycles. The standard InChI is InChI=1S/C31H54O2/c1-21(2)9-8-10-22(3)25-13-14-26-24-12-11-23-19-30(6)31(7,33-18-17-32-30)20-29(23,5)27(24)15-16-28(25,26)4/h21-27H,8-20H2,1-7H3/t22-,23+,24+,25-,26+,27+,28-,29+,30-,31-/m1/s1. The largest absolute Gasteiger partial charge is 0.370 e. The fourth-order valence-corrected chi connectivity index (χ4v) is 10.7. The van der Waals surface area contributed by atoms with E-state index in [1.807, 2.05) is 0 Å². The van der Waals surface area contributed by atoms with Crippen LogP contribution < -0.4 is 0 Å². The van der Waals surface area contributed by atoms with Crippen LogP contribution in [0.1, 0.15) is 119 Å². The molecule has 2 nitrogen and oxygen atoms in total. The third-order valence-corrected chi connectivity index (χ3v) is 12.7. The molecule has 0 N–H and O–H groups in total. The molecule has 5 rings (SSSR count). The van der Waals surface area contributed by atoms with Crippen molar-refractivity contribution in [3.05, 3.63) is 0 Å². The molecular weight excluding hydrogens is 404 g/mol. The first-order valence-electron chi connectivity index (χ1n) is 14.8. The molecule has 0 aromatic heterocycles. The molecule has 0 amide bonds. The van der Waals surface area contributed by atoms with Gasteiger partial charge in [0.05, 0.1) is 24.4 Å². The van der Waals surface area contributed by atoms with Crippen molar-refractivity contribution in [1.29, 1.82) is 0 Å². The first-order valence-corrected chi connectivity index (χ1v) is 14.8. The first kappa shape index (κ1) is 24.6. The van der Waals surface area contributed by atoms with E-state index in [2.05, 4.69) is 48.5 Å². The fourth-order valence-electron chi connectivity index (χ4n) is 10.7. The van der Waals surface area contributed by atoms with E-state index in [4.69, 9.17) is 9.47 Å². The van der Waals surface area contributed by atoms with E-state index >= 15 is 0 Å². The van der Waals surface area contributed by atoms with Gasteiger partial charge in [0.15, 0.2) is 0 Å². The monoisotopic (exact) mass is 458 g/mol. The summed E-state index contributed by atoms with van der Waals surface area (Å²) in [4.78, 5) is 0. The number of rotatable bonds is 5. The minimum atomic E-state index is -0.109. The molecule has 0 radical (unpaired) electrons. The number of ether oxygens (including phenoxy) is 2. The number of hydrogen-bond donors (Lipinski definition) is 0. The van der Waals surface area contributed by atoms with E-state index in [1.165, 1.54) is 70.6 Å². The van der Waals surface area contributed by atoms with Crippen LogP contribution in [0.5, 0.6) is 0 Å². The van der Waals surface area contributed by atoms with Gasteiger partial charge in [-0.1, -0.05) is 53.9 Å². The van der Waals surface area contributed by atoms with Gasteiger partial charge in [-0.05, 0) is 117 Å². The molecule has 2 heteroatoms. The Morgan fingerprint density at radius 2 is 1.45 bits per heavy atom. The van der Waals surface area contributed by atoms with Gasteiger partial charge in [0.2, 0.25) is 0 Å². The van der Waals surface area contributed by atoms with Crippen LogP contribution in [-0.2, 0) is 9.47 Å². The van der Waals surface area contributed by atoms with Crippen molar-refractivity contribution < 1.29 is 9.47 Å². The van der Waals surface area contributed by atoms with Crippen LogP contribution in [0.4, 0.5) is 0 Å². The number of fused-ring (bicyclic) bond motifs is 6. The van der Waals surface area contributed by atoms with E-state index in [-0.39, 0.29) is 11.2 Å². The lowest BCUT2D eigenvalue weighted by molar-refractivity contribution is -0.300. The van der Waals surface area contributed by atoms with E-state index in [0.29, 0.717) is 10.8 Å². The van der Waals surface area contributed by atoms with Crippen LogP contribution in [0, 0.1) is 52.3 Å². The van der Waals surface area contributed by atoms with Crippen molar-refractivity contribution in [3.63, 3.8) is 0 Å². The molecule has 0 unspecified atom stereocenters. The zero-order valence-electron chi connectivity index (χ0n) is 23.1. The van der Waals surface area contributed by atoms with Gasteiger partial charge in [-0.2, -0.15) is 0 Å². The molecule has 0 aromatic carbocycles. The molecule has 1 aliphatic heterocycles. The summed E-state index contributed by atoms with van der Waals surface area (Å²) in [5, 5.41) is 0. The van der Waals surface area contributed by atoms with Gasteiger partial charge < -0.3 is 9.47 Å². The van der Waals surface area contributed by atoms with Crippen LogP contribution in [0.3, 0.4) is 0 Å². The highest BCUT2D eigenvalue weighted by Gasteiger charge is 2.66. The predicted octanol–water partition coefficient (Wildman–Crippen LogP) is 8.28. The molecule has 0 bridgehead atoms. The molecule has 5 aliphatic rings. The molecular formula is C31H54O2. The summed E-state index contributed by atoms with van der Waals surface area (Å²) >= 11 is 0. The molecule has 33 heavy (non-hydrogen) atoms. The Bertz CT molecular complexity index is 718. The van der Waals surface area contributed by atoms with E-state index < -0.39 is 0 Å². The predicted molar refractivity (Wildman–Crippen MR) is 137 cm³/mol. The summed E-state index contributed by atoms with van der Waals surface area (Å²) in [5.41, 5.74) is 0.830. The third kappa shape index (κ3) is 3.78. The minimum absolute atomic E-state index is 0.0880. The third-order valence-electron chi connectivity index (χ3n) is 12.7. The zero-order chi connectivity index (χ0) is 23.6. The molecule has 1 saturated heterocycles. The molecule has 1 heterocycles.